The summed E-state index contributed by atoms with van der Waals surface area (Å²) < 4.78 is 11.5. The molecule has 2 heterocycles. The Hall–Kier alpha value is -2.33. The molecule has 7 nitrogen and oxygen atoms in total. The van der Waals surface area contributed by atoms with E-state index in [0.29, 0.717) is 32.8 Å². The number of guanidine groups is 1. The maximum atomic E-state index is 12.6. The van der Waals surface area contributed by atoms with Crippen LogP contribution in [0, 0.1) is 0 Å². The molecule has 2 aromatic carbocycles. The molecule has 0 aliphatic carbocycles. The number of nitrogens with one attached hydrogen (secondary N) is 1. The van der Waals surface area contributed by atoms with Gasteiger partial charge in [0.05, 0.1) is 0 Å². The summed E-state index contributed by atoms with van der Waals surface area (Å²) in [4.78, 5) is 21.1. The van der Waals surface area contributed by atoms with Gasteiger partial charge in [-0.1, -0.05) is 42.5 Å². The molecule has 0 aromatic heterocycles. The fourth-order valence-corrected chi connectivity index (χ4v) is 4.11. The van der Waals surface area contributed by atoms with Crippen LogP contribution in [0.15, 0.2) is 59.6 Å². The molecule has 33 heavy (non-hydrogen) atoms. The van der Waals surface area contributed by atoms with Crippen molar-refractivity contribution in [1.82, 2.24) is 15.1 Å². The van der Waals surface area contributed by atoms with Gasteiger partial charge in [0.1, 0.15) is 18.5 Å². The molecule has 2 aliphatic heterocycles. The van der Waals surface area contributed by atoms with Crippen LogP contribution in [0.3, 0.4) is 0 Å². The normalized spacial score (nSPS) is 18.6. The number of hydrogen-bond acceptors (Lipinski definition) is 4. The van der Waals surface area contributed by atoms with Crippen molar-refractivity contribution in [3.63, 3.8) is 0 Å². The molecular formula is C25H33IN4O3. The van der Waals surface area contributed by atoms with E-state index in [2.05, 4.69) is 39.5 Å². The Labute approximate surface area is 213 Å². The largest absolute Gasteiger partial charge is 0.489 e. The molecule has 1 unspecified atom stereocenters. The first-order chi connectivity index (χ1) is 15.7. The Morgan fingerprint density at radius 3 is 2.48 bits per heavy atom. The van der Waals surface area contributed by atoms with Gasteiger partial charge in [-0.05, 0) is 36.1 Å². The zero-order chi connectivity index (χ0) is 22.2. The Bertz CT molecular complexity index is 911. The summed E-state index contributed by atoms with van der Waals surface area (Å²) in [6, 6.07) is 18.3. The van der Waals surface area contributed by atoms with Crippen molar-refractivity contribution in [3.05, 3.63) is 65.7 Å². The molecule has 178 valence electrons. The van der Waals surface area contributed by atoms with Crippen molar-refractivity contribution in [2.75, 3.05) is 39.8 Å². The maximum absolute atomic E-state index is 12.6. The van der Waals surface area contributed by atoms with Crippen LogP contribution in [0.2, 0.25) is 0 Å². The highest BCUT2D eigenvalue weighted by Crippen LogP contribution is 2.17. The zero-order valence-corrected chi connectivity index (χ0v) is 21.4. The number of benzene rings is 2. The van der Waals surface area contributed by atoms with E-state index in [1.54, 1.807) is 7.05 Å². The van der Waals surface area contributed by atoms with Crippen molar-refractivity contribution in [2.45, 2.75) is 32.1 Å². The van der Waals surface area contributed by atoms with E-state index < -0.39 is 0 Å². The van der Waals surface area contributed by atoms with Crippen LogP contribution in [0.1, 0.15) is 24.0 Å². The van der Waals surface area contributed by atoms with Crippen LogP contribution in [0.25, 0.3) is 0 Å². The lowest BCUT2D eigenvalue weighted by Gasteiger charge is -2.37. The van der Waals surface area contributed by atoms with E-state index in [-0.39, 0.29) is 36.0 Å². The van der Waals surface area contributed by atoms with Gasteiger partial charge in [-0.2, -0.15) is 0 Å². The Balaban J connectivity index is 0.00000306. The van der Waals surface area contributed by atoms with E-state index in [9.17, 15) is 4.79 Å². The summed E-state index contributed by atoms with van der Waals surface area (Å²) in [7, 11) is 1.80. The lowest BCUT2D eigenvalue weighted by Crippen LogP contribution is -2.55. The fraction of sp³-hybridized carbons (Fsp3) is 0.440. The first-order valence-electron chi connectivity index (χ1n) is 11.3. The lowest BCUT2D eigenvalue weighted by molar-refractivity contribution is -0.142. The summed E-state index contributed by atoms with van der Waals surface area (Å²) in [6.45, 7) is 4.82. The Morgan fingerprint density at radius 2 is 1.79 bits per heavy atom. The van der Waals surface area contributed by atoms with Crippen LogP contribution < -0.4 is 10.1 Å². The molecule has 1 amide bonds. The molecule has 8 heteroatoms. The van der Waals surface area contributed by atoms with Crippen LogP contribution in [-0.4, -0.2) is 67.6 Å². The molecule has 0 bridgehead atoms. The Morgan fingerprint density at radius 1 is 1.06 bits per heavy atom. The number of piperazine rings is 1. The third-order valence-corrected chi connectivity index (χ3v) is 5.91. The summed E-state index contributed by atoms with van der Waals surface area (Å²) >= 11 is 0. The number of carbonyl (C=O) groups excluding carboxylic acids is 1. The number of aliphatic imine (C=N–C) groups is 1. The monoisotopic (exact) mass is 564 g/mol. The van der Waals surface area contributed by atoms with Crippen LogP contribution in [0.4, 0.5) is 0 Å². The molecule has 1 atom stereocenters. The average Bonchev–Trinajstić information content (AvgIpc) is 3.39. The number of ether oxygens (including phenoxy) is 2. The number of nitrogens with zero attached hydrogens (tertiary/aromatic N) is 3. The molecule has 2 aliphatic rings. The topological polar surface area (TPSA) is 66.4 Å². The van der Waals surface area contributed by atoms with Crippen molar-refractivity contribution < 1.29 is 14.3 Å². The second-order valence-electron chi connectivity index (χ2n) is 8.14. The smallest absolute Gasteiger partial charge is 0.251 e. The van der Waals surface area contributed by atoms with Gasteiger partial charge in [0.25, 0.3) is 5.91 Å². The highest BCUT2D eigenvalue weighted by atomic mass is 127. The third kappa shape index (κ3) is 7.07. The van der Waals surface area contributed by atoms with Gasteiger partial charge in [0, 0.05) is 46.4 Å². The van der Waals surface area contributed by atoms with Gasteiger partial charge >= 0.3 is 0 Å². The van der Waals surface area contributed by atoms with Gasteiger partial charge < -0.3 is 24.6 Å². The predicted octanol–water partition coefficient (Wildman–Crippen LogP) is 3.28. The van der Waals surface area contributed by atoms with Crippen molar-refractivity contribution in [2.24, 2.45) is 4.99 Å². The predicted molar refractivity (Wildman–Crippen MR) is 140 cm³/mol. The van der Waals surface area contributed by atoms with Gasteiger partial charge in [0.2, 0.25) is 0 Å². The number of hydrogen-bond donors (Lipinski definition) is 1. The van der Waals surface area contributed by atoms with Crippen molar-refractivity contribution in [3.8, 4) is 5.75 Å². The molecule has 0 radical (unpaired) electrons. The molecular weight excluding hydrogens is 531 g/mol. The second-order valence-corrected chi connectivity index (χ2v) is 8.14. The zero-order valence-electron chi connectivity index (χ0n) is 19.1. The van der Waals surface area contributed by atoms with Gasteiger partial charge in [-0.15, -0.1) is 24.0 Å². The van der Waals surface area contributed by atoms with Crippen LogP contribution >= 0.6 is 24.0 Å². The number of rotatable bonds is 6. The van der Waals surface area contributed by atoms with Gasteiger partial charge in [0.15, 0.2) is 5.96 Å². The fourth-order valence-electron chi connectivity index (χ4n) is 4.11. The van der Waals surface area contributed by atoms with Gasteiger partial charge in [-0.25, -0.2) is 0 Å². The van der Waals surface area contributed by atoms with E-state index in [0.717, 1.165) is 48.8 Å². The molecule has 1 N–H and O–H groups in total. The van der Waals surface area contributed by atoms with E-state index in [1.165, 1.54) is 0 Å². The highest BCUT2D eigenvalue weighted by Gasteiger charge is 2.30. The number of carbonyl (C=O) groups is 1. The van der Waals surface area contributed by atoms with Crippen LogP contribution in [-0.2, 0) is 22.7 Å². The average molecular weight is 564 g/mol. The first kappa shape index (κ1) is 25.3. The van der Waals surface area contributed by atoms with E-state index in [1.807, 2.05) is 35.2 Å². The van der Waals surface area contributed by atoms with Crippen molar-refractivity contribution >= 4 is 35.8 Å². The molecule has 4 rings (SSSR count). The van der Waals surface area contributed by atoms with E-state index in [4.69, 9.17) is 9.47 Å². The highest BCUT2D eigenvalue weighted by molar-refractivity contribution is 14.0. The van der Waals surface area contributed by atoms with Gasteiger partial charge in [-0.3, -0.25) is 9.79 Å². The number of halogens is 1. The first-order valence-corrected chi connectivity index (χ1v) is 11.3. The summed E-state index contributed by atoms with van der Waals surface area (Å²) in [6.07, 6.45) is 1.58. The molecule has 2 aromatic rings. The molecule has 2 saturated heterocycles. The molecule has 0 spiro atoms. The lowest BCUT2D eigenvalue weighted by atomic mass is 10.2. The third-order valence-electron chi connectivity index (χ3n) is 5.91. The van der Waals surface area contributed by atoms with E-state index >= 15 is 0 Å². The SMILES string of the molecule is CN=C(NCc1cccc(OCc2ccccc2)c1)N1CCN(C(=O)C2CCCO2)CC1.I. The van der Waals surface area contributed by atoms with Crippen molar-refractivity contribution in [1.29, 1.82) is 0 Å². The molecule has 2 fully saturated rings. The summed E-state index contributed by atoms with van der Waals surface area (Å²) in [5, 5.41) is 3.45. The van der Waals surface area contributed by atoms with Crippen LogP contribution in [0.5, 0.6) is 5.75 Å². The quantitative estimate of drug-likeness (QED) is 0.332. The second kappa shape index (κ2) is 12.8. The summed E-state index contributed by atoms with van der Waals surface area (Å²) in [5.74, 6) is 1.84. The minimum atomic E-state index is -0.240. The molecule has 0 saturated carbocycles. The minimum absolute atomic E-state index is 0. The standard InChI is InChI=1S/C25H32N4O3.HI/c1-26-25(29-14-12-28(13-15-29)24(30)23-11-6-16-31-23)27-18-21-9-5-10-22(17-21)32-19-20-7-3-2-4-8-20;/h2-5,7-10,17,23H,6,11-16,18-19H2,1H3,(H,26,27);1H. The maximum Gasteiger partial charge on any atom is 0.251 e. The Kier molecular flexibility index (Phi) is 9.80. The summed E-state index contributed by atoms with van der Waals surface area (Å²) in [5.41, 5.74) is 2.28. The number of amides is 1. The minimum Gasteiger partial charge on any atom is -0.489 e.